The van der Waals surface area contributed by atoms with E-state index in [0.29, 0.717) is 0 Å². The number of phenolic OH excluding ortho intramolecular Hbond substituents is 4. The second-order valence-electron chi connectivity index (χ2n) is 7.65. The van der Waals surface area contributed by atoms with Crippen molar-refractivity contribution in [3.63, 3.8) is 0 Å². The van der Waals surface area contributed by atoms with Crippen LogP contribution in [-0.4, -0.2) is 28.8 Å². The fourth-order valence-corrected chi connectivity index (χ4v) is 5.49. The fourth-order valence-electron chi connectivity index (χ4n) is 3.77. The van der Waals surface area contributed by atoms with Crippen molar-refractivity contribution < 1.29 is 28.8 Å². The van der Waals surface area contributed by atoms with Gasteiger partial charge in [0.15, 0.2) is 23.0 Å². The molecule has 0 radical (unpaired) electrons. The minimum atomic E-state index is -4.26. The topological polar surface area (TPSA) is 115 Å². The van der Waals surface area contributed by atoms with Gasteiger partial charge in [-0.2, -0.15) is 0 Å². The van der Waals surface area contributed by atoms with E-state index >= 15 is 0 Å². The van der Waals surface area contributed by atoms with Crippen LogP contribution in [-0.2, 0) is 22.7 Å². The average Bonchev–Trinajstić information content (AvgIpc) is 2.81. The molecule has 4 aromatic carbocycles. The van der Waals surface area contributed by atoms with Crippen LogP contribution in [0.1, 0.15) is 22.3 Å². The molecule has 168 valence electrons. The first kappa shape index (κ1) is 22.2. The Hall–Kier alpha value is -3.97. The van der Waals surface area contributed by atoms with E-state index in [2.05, 4.69) is 0 Å². The van der Waals surface area contributed by atoms with Gasteiger partial charge in [-0.15, -0.1) is 0 Å². The van der Waals surface area contributed by atoms with Crippen LogP contribution in [0.25, 0.3) is 0 Å². The molecule has 0 aliphatic carbocycles. The molecular formula is C26H22O6S. The molecule has 0 aliphatic heterocycles. The molecule has 0 saturated carbocycles. The van der Waals surface area contributed by atoms with E-state index in [1.807, 2.05) is 12.1 Å². The molecule has 33 heavy (non-hydrogen) atoms. The third-order valence-electron chi connectivity index (χ3n) is 5.46. The minimum absolute atomic E-state index is 0.0411. The summed E-state index contributed by atoms with van der Waals surface area (Å²) in [5, 5.41) is 41.2. The molecule has 0 aromatic heterocycles. The monoisotopic (exact) mass is 462 g/mol. The molecule has 0 atom stereocenters. The fraction of sp³-hybridized carbons (Fsp3) is 0.0769. The summed E-state index contributed by atoms with van der Waals surface area (Å²) in [6.07, 6.45) is 0.126. The van der Waals surface area contributed by atoms with Gasteiger partial charge in [0, 0.05) is 24.0 Å². The van der Waals surface area contributed by atoms with E-state index < -0.39 is 32.8 Å². The quantitative estimate of drug-likeness (QED) is 0.313. The number of benzene rings is 4. The highest BCUT2D eigenvalue weighted by molar-refractivity contribution is 7.91. The van der Waals surface area contributed by atoms with Gasteiger partial charge in [0.25, 0.3) is 0 Å². The molecule has 0 saturated heterocycles. The standard InChI is InChI=1S/C26H22O6S/c27-21-11-13-23(19(25(21)29)15-17-7-3-1-4-8-17)33(31,32)24-14-12-22(28)26(30)20(24)16-18-9-5-2-6-10-18/h1-14,27-30H,15-16H2. The zero-order valence-corrected chi connectivity index (χ0v) is 18.3. The van der Waals surface area contributed by atoms with Gasteiger partial charge in [-0.05, 0) is 35.4 Å². The van der Waals surface area contributed by atoms with Gasteiger partial charge in [0.05, 0.1) is 9.79 Å². The Kier molecular flexibility index (Phi) is 5.98. The highest BCUT2D eigenvalue weighted by Crippen LogP contribution is 2.41. The van der Waals surface area contributed by atoms with Crippen molar-refractivity contribution in [2.45, 2.75) is 22.6 Å². The summed E-state index contributed by atoms with van der Waals surface area (Å²) in [4.78, 5) is -0.387. The Bertz CT molecular complexity index is 1300. The Balaban J connectivity index is 1.89. The summed E-state index contributed by atoms with van der Waals surface area (Å²) in [6.45, 7) is 0. The van der Waals surface area contributed by atoms with Gasteiger partial charge in [-0.1, -0.05) is 60.7 Å². The molecule has 4 aromatic rings. The van der Waals surface area contributed by atoms with Crippen LogP contribution in [0.5, 0.6) is 23.0 Å². The first-order chi connectivity index (χ1) is 15.8. The molecule has 4 rings (SSSR count). The Labute approximate surface area is 191 Å². The SMILES string of the molecule is O=S(=O)(c1ccc(O)c(O)c1Cc1ccccc1)c1ccc(O)c(O)c1Cc1ccccc1. The molecule has 0 bridgehead atoms. The summed E-state index contributed by atoms with van der Waals surface area (Å²) >= 11 is 0. The second kappa shape index (κ2) is 8.88. The van der Waals surface area contributed by atoms with Crippen LogP contribution >= 0.6 is 0 Å². The predicted octanol–water partition coefficient (Wildman–Crippen LogP) is 4.52. The molecule has 4 N–H and O–H groups in total. The van der Waals surface area contributed by atoms with Crippen LogP contribution in [0.15, 0.2) is 94.7 Å². The van der Waals surface area contributed by atoms with Gasteiger partial charge in [0.2, 0.25) is 9.84 Å². The minimum Gasteiger partial charge on any atom is -0.504 e. The van der Waals surface area contributed by atoms with Crippen LogP contribution in [0.4, 0.5) is 0 Å². The van der Waals surface area contributed by atoms with Gasteiger partial charge in [0.1, 0.15) is 0 Å². The highest BCUT2D eigenvalue weighted by Gasteiger charge is 2.29. The van der Waals surface area contributed by atoms with Crippen molar-refractivity contribution in [1.82, 2.24) is 0 Å². The van der Waals surface area contributed by atoms with Gasteiger partial charge in [-0.25, -0.2) is 8.42 Å². The van der Waals surface area contributed by atoms with Gasteiger partial charge in [-0.3, -0.25) is 0 Å². The van der Waals surface area contributed by atoms with Gasteiger partial charge >= 0.3 is 0 Å². The largest absolute Gasteiger partial charge is 0.504 e. The summed E-state index contributed by atoms with van der Waals surface area (Å²) < 4.78 is 27.6. The lowest BCUT2D eigenvalue weighted by molar-refractivity contribution is 0.397. The van der Waals surface area contributed by atoms with Crippen LogP contribution in [0, 0.1) is 0 Å². The average molecular weight is 463 g/mol. The Morgan fingerprint density at radius 1 is 0.515 bits per heavy atom. The maximum atomic E-state index is 13.8. The van der Waals surface area contributed by atoms with E-state index in [4.69, 9.17) is 0 Å². The smallest absolute Gasteiger partial charge is 0.207 e. The zero-order valence-electron chi connectivity index (χ0n) is 17.5. The summed E-state index contributed by atoms with van der Waals surface area (Å²) in [7, 11) is -4.26. The van der Waals surface area contributed by atoms with Crippen molar-refractivity contribution >= 4 is 9.84 Å². The summed E-state index contributed by atoms with van der Waals surface area (Å²) in [6, 6.07) is 22.6. The zero-order chi connectivity index (χ0) is 23.6. The number of aromatic hydroxyl groups is 4. The van der Waals surface area contributed by atoms with E-state index in [1.54, 1.807) is 48.5 Å². The lowest BCUT2D eigenvalue weighted by Gasteiger charge is -2.17. The van der Waals surface area contributed by atoms with E-state index in [0.717, 1.165) is 23.3 Å². The molecule has 6 nitrogen and oxygen atoms in total. The van der Waals surface area contributed by atoms with Crippen molar-refractivity contribution in [2.75, 3.05) is 0 Å². The molecule has 0 heterocycles. The first-order valence-corrected chi connectivity index (χ1v) is 11.7. The Morgan fingerprint density at radius 2 is 0.879 bits per heavy atom. The molecule has 0 fully saturated rings. The second-order valence-corrected chi connectivity index (χ2v) is 9.53. The molecule has 0 aliphatic rings. The third kappa shape index (κ3) is 4.36. The molecule has 0 spiro atoms. The number of hydrogen-bond acceptors (Lipinski definition) is 6. The predicted molar refractivity (Wildman–Crippen MR) is 123 cm³/mol. The van der Waals surface area contributed by atoms with Crippen molar-refractivity contribution in [3.05, 3.63) is 107 Å². The van der Waals surface area contributed by atoms with Crippen LogP contribution in [0.2, 0.25) is 0 Å². The van der Waals surface area contributed by atoms with Crippen LogP contribution in [0.3, 0.4) is 0 Å². The number of sulfone groups is 1. The molecular weight excluding hydrogens is 440 g/mol. The van der Waals surface area contributed by atoms with Crippen molar-refractivity contribution in [2.24, 2.45) is 0 Å². The normalized spacial score (nSPS) is 11.4. The van der Waals surface area contributed by atoms with E-state index in [9.17, 15) is 28.8 Å². The maximum absolute atomic E-state index is 13.8. The number of hydrogen-bond donors (Lipinski definition) is 4. The lowest BCUT2D eigenvalue weighted by atomic mass is 10.0. The lowest BCUT2D eigenvalue weighted by Crippen LogP contribution is -2.10. The summed E-state index contributed by atoms with van der Waals surface area (Å²) in [5.41, 5.74) is 1.57. The van der Waals surface area contributed by atoms with Crippen molar-refractivity contribution in [1.29, 1.82) is 0 Å². The summed E-state index contributed by atoms with van der Waals surface area (Å²) in [5.74, 6) is -1.91. The molecule has 7 heteroatoms. The first-order valence-electron chi connectivity index (χ1n) is 10.2. The number of phenols is 4. The highest BCUT2D eigenvalue weighted by atomic mass is 32.2. The van der Waals surface area contributed by atoms with E-state index in [-0.39, 0.29) is 33.8 Å². The number of rotatable bonds is 6. The molecule has 0 unspecified atom stereocenters. The van der Waals surface area contributed by atoms with Crippen LogP contribution < -0.4 is 0 Å². The van der Waals surface area contributed by atoms with E-state index in [1.165, 1.54) is 12.1 Å². The Morgan fingerprint density at radius 3 is 1.24 bits per heavy atom. The maximum Gasteiger partial charge on any atom is 0.207 e. The van der Waals surface area contributed by atoms with Crippen molar-refractivity contribution in [3.8, 4) is 23.0 Å². The molecule has 0 amide bonds. The third-order valence-corrected chi connectivity index (χ3v) is 7.39. The van der Waals surface area contributed by atoms with Gasteiger partial charge < -0.3 is 20.4 Å².